The second-order valence-corrected chi connectivity index (χ2v) is 8.32. The number of aromatic nitrogens is 1. The molecule has 6 heteroatoms. The number of amides is 2. The number of aryl methyl sites for hydroxylation is 3. The van der Waals surface area contributed by atoms with Gasteiger partial charge in [-0.15, -0.1) is 11.3 Å². The number of carbonyl (C=O) groups excluding carboxylic acids is 2. The Morgan fingerprint density at radius 3 is 2.20 bits per heavy atom. The van der Waals surface area contributed by atoms with E-state index >= 15 is 0 Å². The van der Waals surface area contributed by atoms with Gasteiger partial charge in [-0.3, -0.25) is 9.59 Å². The molecule has 2 amide bonds. The van der Waals surface area contributed by atoms with Crippen molar-refractivity contribution in [1.29, 1.82) is 0 Å². The molecule has 0 unspecified atom stereocenters. The largest absolute Gasteiger partial charge is 0.318 e. The van der Waals surface area contributed by atoms with Crippen molar-refractivity contribution in [1.82, 2.24) is 4.98 Å². The van der Waals surface area contributed by atoms with Crippen LogP contribution in [0.25, 0.3) is 20.8 Å². The molecule has 150 valence electrons. The molecule has 2 N–H and O–H groups in total. The van der Waals surface area contributed by atoms with E-state index in [0.29, 0.717) is 11.4 Å². The number of rotatable bonds is 3. The van der Waals surface area contributed by atoms with E-state index < -0.39 is 11.8 Å². The molecule has 0 fully saturated rings. The van der Waals surface area contributed by atoms with Gasteiger partial charge in [-0.2, -0.15) is 0 Å². The molecule has 0 aliphatic rings. The van der Waals surface area contributed by atoms with Crippen molar-refractivity contribution < 1.29 is 9.59 Å². The average molecular weight is 416 g/mol. The summed E-state index contributed by atoms with van der Waals surface area (Å²) < 4.78 is 1.14. The Morgan fingerprint density at radius 1 is 0.800 bits per heavy atom. The van der Waals surface area contributed by atoms with Crippen LogP contribution in [0.4, 0.5) is 11.4 Å². The van der Waals surface area contributed by atoms with Crippen molar-refractivity contribution in [2.45, 2.75) is 20.8 Å². The highest BCUT2D eigenvalue weighted by atomic mass is 32.1. The van der Waals surface area contributed by atoms with Gasteiger partial charge in [0.05, 0.1) is 10.2 Å². The molecule has 0 aliphatic heterocycles. The smallest absolute Gasteiger partial charge is 0.314 e. The van der Waals surface area contributed by atoms with Crippen LogP contribution in [-0.2, 0) is 9.59 Å². The fourth-order valence-electron chi connectivity index (χ4n) is 3.17. The molecule has 0 spiro atoms. The molecular weight excluding hydrogens is 394 g/mol. The minimum Gasteiger partial charge on any atom is -0.318 e. The lowest BCUT2D eigenvalue weighted by molar-refractivity contribution is -0.133. The van der Waals surface area contributed by atoms with Crippen molar-refractivity contribution in [2.24, 2.45) is 0 Å². The van der Waals surface area contributed by atoms with Crippen LogP contribution in [0.1, 0.15) is 16.7 Å². The second kappa shape index (κ2) is 8.08. The van der Waals surface area contributed by atoms with Gasteiger partial charge in [0, 0.05) is 16.9 Å². The van der Waals surface area contributed by atoms with Crippen molar-refractivity contribution in [2.75, 3.05) is 10.6 Å². The summed E-state index contributed by atoms with van der Waals surface area (Å²) in [5.41, 5.74) is 6.32. The molecule has 3 aromatic carbocycles. The lowest BCUT2D eigenvalue weighted by Crippen LogP contribution is -2.29. The van der Waals surface area contributed by atoms with Crippen LogP contribution in [0.5, 0.6) is 0 Å². The summed E-state index contributed by atoms with van der Waals surface area (Å²) in [6, 6.07) is 19.2. The number of carbonyl (C=O) groups is 2. The Balaban J connectivity index is 1.44. The lowest BCUT2D eigenvalue weighted by Gasteiger charge is -2.09. The van der Waals surface area contributed by atoms with Gasteiger partial charge in [0.1, 0.15) is 5.01 Å². The van der Waals surface area contributed by atoms with E-state index in [4.69, 9.17) is 0 Å². The van der Waals surface area contributed by atoms with Crippen LogP contribution in [0.2, 0.25) is 0 Å². The first-order chi connectivity index (χ1) is 14.4. The monoisotopic (exact) mass is 415 g/mol. The molecule has 0 aliphatic carbocycles. The third kappa shape index (κ3) is 4.23. The molecule has 0 bridgehead atoms. The van der Waals surface area contributed by atoms with E-state index in [1.165, 1.54) is 5.56 Å². The van der Waals surface area contributed by atoms with Crippen LogP contribution in [0.3, 0.4) is 0 Å². The topological polar surface area (TPSA) is 71.1 Å². The lowest BCUT2D eigenvalue weighted by atomic mass is 10.1. The Hall–Kier alpha value is -3.51. The quantitative estimate of drug-likeness (QED) is 0.436. The van der Waals surface area contributed by atoms with Gasteiger partial charge >= 0.3 is 11.8 Å². The number of nitrogens with one attached hydrogen (secondary N) is 2. The zero-order chi connectivity index (χ0) is 21.3. The molecule has 1 heterocycles. The third-order valence-corrected chi connectivity index (χ3v) is 5.84. The van der Waals surface area contributed by atoms with E-state index in [1.54, 1.807) is 29.5 Å². The SMILES string of the molecule is Cc1ccc(NC(=O)C(=O)Nc2ccc(-c3nc4ccc(C)cc4s3)cc2)c(C)c1. The number of hydrogen-bond donors (Lipinski definition) is 2. The van der Waals surface area contributed by atoms with E-state index in [9.17, 15) is 9.59 Å². The third-order valence-electron chi connectivity index (χ3n) is 4.77. The summed E-state index contributed by atoms with van der Waals surface area (Å²) in [4.78, 5) is 29.2. The van der Waals surface area contributed by atoms with Gasteiger partial charge in [-0.1, -0.05) is 23.8 Å². The van der Waals surface area contributed by atoms with Gasteiger partial charge in [0.25, 0.3) is 0 Å². The molecule has 0 radical (unpaired) electrons. The van der Waals surface area contributed by atoms with Crippen molar-refractivity contribution in [3.8, 4) is 10.6 Å². The summed E-state index contributed by atoms with van der Waals surface area (Å²) in [5.74, 6) is -1.41. The van der Waals surface area contributed by atoms with Crippen LogP contribution in [0.15, 0.2) is 60.7 Å². The first kappa shape index (κ1) is 19.8. The zero-order valence-corrected chi connectivity index (χ0v) is 17.8. The summed E-state index contributed by atoms with van der Waals surface area (Å²) in [6.07, 6.45) is 0. The highest BCUT2D eigenvalue weighted by Gasteiger charge is 2.15. The summed E-state index contributed by atoms with van der Waals surface area (Å²) >= 11 is 1.63. The molecule has 0 atom stereocenters. The molecule has 4 rings (SSSR count). The summed E-state index contributed by atoms with van der Waals surface area (Å²) in [6.45, 7) is 5.93. The van der Waals surface area contributed by atoms with Crippen LogP contribution >= 0.6 is 11.3 Å². The number of nitrogens with zero attached hydrogens (tertiary/aromatic N) is 1. The molecule has 30 heavy (non-hydrogen) atoms. The van der Waals surface area contributed by atoms with Gasteiger partial charge in [0.15, 0.2) is 0 Å². The van der Waals surface area contributed by atoms with Crippen LogP contribution < -0.4 is 10.6 Å². The summed E-state index contributed by atoms with van der Waals surface area (Å²) in [5, 5.41) is 6.21. The Kier molecular flexibility index (Phi) is 5.33. The van der Waals surface area contributed by atoms with Crippen molar-refractivity contribution >= 4 is 44.7 Å². The maximum Gasteiger partial charge on any atom is 0.314 e. The van der Waals surface area contributed by atoms with Gasteiger partial charge in [0.2, 0.25) is 0 Å². The number of benzene rings is 3. The molecule has 0 saturated heterocycles. The summed E-state index contributed by atoms with van der Waals surface area (Å²) in [7, 11) is 0. The highest BCUT2D eigenvalue weighted by molar-refractivity contribution is 7.21. The Morgan fingerprint density at radius 2 is 1.47 bits per heavy atom. The van der Waals surface area contributed by atoms with Crippen molar-refractivity contribution in [3.05, 3.63) is 77.4 Å². The fourth-order valence-corrected chi connectivity index (χ4v) is 4.24. The molecule has 0 saturated carbocycles. The fraction of sp³-hybridized carbons (Fsp3) is 0.125. The van der Waals surface area contributed by atoms with Gasteiger partial charge in [-0.05, 0) is 74.4 Å². The van der Waals surface area contributed by atoms with Crippen LogP contribution in [-0.4, -0.2) is 16.8 Å². The number of thiazole rings is 1. The molecule has 4 aromatic rings. The second-order valence-electron chi connectivity index (χ2n) is 7.29. The maximum atomic E-state index is 12.3. The van der Waals surface area contributed by atoms with E-state index in [0.717, 1.165) is 31.9 Å². The predicted octanol–water partition coefficient (Wildman–Crippen LogP) is 5.47. The maximum absolute atomic E-state index is 12.3. The first-order valence-electron chi connectivity index (χ1n) is 9.56. The minimum atomic E-state index is -0.710. The number of anilines is 2. The highest BCUT2D eigenvalue weighted by Crippen LogP contribution is 2.31. The Labute approximate surface area is 178 Å². The van der Waals surface area contributed by atoms with Gasteiger partial charge in [-0.25, -0.2) is 4.98 Å². The molecule has 5 nitrogen and oxygen atoms in total. The first-order valence-corrected chi connectivity index (χ1v) is 10.4. The van der Waals surface area contributed by atoms with Gasteiger partial charge < -0.3 is 10.6 Å². The average Bonchev–Trinajstić information content (AvgIpc) is 3.13. The standard InChI is InChI=1S/C24H21N3O2S/c1-14-4-10-19(16(3)12-14)26-23(29)22(28)25-18-8-6-17(7-9-18)24-27-20-11-5-15(2)13-21(20)30-24/h4-13H,1-3H3,(H,25,28)(H,26,29). The number of hydrogen-bond acceptors (Lipinski definition) is 4. The number of fused-ring (bicyclic) bond motifs is 1. The molecule has 1 aromatic heterocycles. The van der Waals surface area contributed by atoms with E-state index in [2.05, 4.69) is 28.6 Å². The predicted molar refractivity (Wildman–Crippen MR) is 123 cm³/mol. The Bertz CT molecular complexity index is 1260. The van der Waals surface area contributed by atoms with E-state index in [-0.39, 0.29) is 0 Å². The van der Waals surface area contributed by atoms with Crippen LogP contribution in [0, 0.1) is 20.8 Å². The van der Waals surface area contributed by atoms with E-state index in [1.807, 2.05) is 50.2 Å². The zero-order valence-electron chi connectivity index (χ0n) is 16.9. The molecular formula is C24H21N3O2S. The minimum absolute atomic E-state index is 0.552. The normalized spacial score (nSPS) is 10.8. The van der Waals surface area contributed by atoms with Crippen molar-refractivity contribution in [3.63, 3.8) is 0 Å².